The number of aryl methyl sites for hydroxylation is 1. The van der Waals surface area contributed by atoms with E-state index in [4.69, 9.17) is 0 Å². The Hall–Kier alpha value is -2.69. The molecule has 0 saturated heterocycles. The number of rotatable bonds is 7. The van der Waals surface area contributed by atoms with Crippen LogP contribution in [0.3, 0.4) is 0 Å². The molecule has 1 amide bonds. The molecule has 2 rings (SSSR count). The van der Waals surface area contributed by atoms with Crippen molar-refractivity contribution in [2.45, 2.75) is 39.7 Å². The average Bonchev–Trinajstić information content (AvgIpc) is 2.59. The molecule has 1 aromatic heterocycles. The first-order valence-electron chi connectivity index (χ1n) is 8.01. The first kappa shape index (κ1) is 17.7. The van der Waals surface area contributed by atoms with Crippen molar-refractivity contribution in [3.05, 3.63) is 69.1 Å². The van der Waals surface area contributed by atoms with E-state index in [2.05, 4.69) is 10.3 Å². The molecule has 5 heteroatoms. The molecule has 1 aromatic carbocycles. The highest BCUT2D eigenvalue weighted by Gasteiger charge is 2.09. The summed E-state index contributed by atoms with van der Waals surface area (Å²) < 4.78 is 0. The van der Waals surface area contributed by atoms with Crippen molar-refractivity contribution in [2.24, 2.45) is 0 Å². The van der Waals surface area contributed by atoms with Crippen LogP contribution in [0, 0.1) is 13.8 Å². The van der Waals surface area contributed by atoms with Gasteiger partial charge >= 0.3 is 0 Å². The molecular weight excluding hydrogens is 304 g/mol. The zero-order valence-electron chi connectivity index (χ0n) is 14.0. The van der Waals surface area contributed by atoms with E-state index in [1.54, 1.807) is 32.2 Å². The molecule has 0 aliphatic carbocycles. The number of H-pyrrole nitrogens is 1. The predicted molar refractivity (Wildman–Crippen MR) is 93.0 cm³/mol. The highest BCUT2D eigenvalue weighted by molar-refractivity contribution is 5.96. The molecule has 2 aromatic rings. The monoisotopic (exact) mass is 326 g/mol. The Morgan fingerprint density at radius 3 is 2.50 bits per heavy atom. The van der Waals surface area contributed by atoms with Gasteiger partial charge in [0.15, 0.2) is 11.2 Å². The van der Waals surface area contributed by atoms with Crippen LogP contribution in [-0.4, -0.2) is 16.7 Å². The topological polar surface area (TPSA) is 79.0 Å². The summed E-state index contributed by atoms with van der Waals surface area (Å²) in [5, 5.41) is 2.78. The van der Waals surface area contributed by atoms with Gasteiger partial charge in [-0.2, -0.15) is 0 Å². The Morgan fingerprint density at radius 2 is 1.79 bits per heavy atom. The number of aromatic amines is 1. The summed E-state index contributed by atoms with van der Waals surface area (Å²) in [7, 11) is 0. The van der Waals surface area contributed by atoms with Gasteiger partial charge in [-0.05, 0) is 20.3 Å². The maximum absolute atomic E-state index is 11.9. The van der Waals surface area contributed by atoms with Gasteiger partial charge < -0.3 is 10.3 Å². The summed E-state index contributed by atoms with van der Waals surface area (Å²) >= 11 is 0. The maximum Gasteiger partial charge on any atom is 0.220 e. The van der Waals surface area contributed by atoms with Crippen molar-refractivity contribution in [2.75, 3.05) is 0 Å². The normalized spacial score (nSPS) is 10.4. The highest BCUT2D eigenvalue weighted by Crippen LogP contribution is 2.07. The lowest BCUT2D eigenvalue weighted by Gasteiger charge is -2.08. The Balaban J connectivity index is 1.77. The second-order valence-corrected chi connectivity index (χ2v) is 5.82. The molecular formula is C19H22N2O3. The van der Waals surface area contributed by atoms with Gasteiger partial charge in [-0.25, -0.2) is 0 Å². The molecule has 0 radical (unpaired) electrons. The average molecular weight is 326 g/mol. The second-order valence-electron chi connectivity index (χ2n) is 5.82. The number of Topliss-reactive ketones (excluding diaryl/α,β-unsaturated/α-hetero) is 1. The highest BCUT2D eigenvalue weighted by atomic mass is 16.1. The van der Waals surface area contributed by atoms with Crippen LogP contribution in [0.4, 0.5) is 0 Å². The summed E-state index contributed by atoms with van der Waals surface area (Å²) in [6.07, 6.45) is 2.78. The van der Waals surface area contributed by atoms with Gasteiger partial charge in [0.2, 0.25) is 5.91 Å². The van der Waals surface area contributed by atoms with Gasteiger partial charge in [0.25, 0.3) is 0 Å². The Morgan fingerprint density at radius 1 is 1.08 bits per heavy atom. The van der Waals surface area contributed by atoms with Crippen molar-refractivity contribution in [1.82, 2.24) is 10.3 Å². The van der Waals surface area contributed by atoms with Gasteiger partial charge in [0, 0.05) is 41.4 Å². The number of amides is 1. The first-order chi connectivity index (χ1) is 11.5. The lowest BCUT2D eigenvalue weighted by atomic mass is 10.1. The van der Waals surface area contributed by atoms with E-state index in [1.165, 1.54) is 0 Å². The fraction of sp³-hybridized carbons (Fsp3) is 0.316. The molecule has 0 fully saturated rings. The number of hydrogen-bond donors (Lipinski definition) is 2. The lowest BCUT2D eigenvalue weighted by molar-refractivity contribution is -0.121. The van der Waals surface area contributed by atoms with Crippen molar-refractivity contribution in [3.63, 3.8) is 0 Å². The molecule has 0 spiro atoms. The number of hydrogen-bond acceptors (Lipinski definition) is 3. The minimum Gasteiger partial charge on any atom is -0.363 e. The Labute approximate surface area is 141 Å². The third-order valence-electron chi connectivity index (χ3n) is 3.98. The van der Waals surface area contributed by atoms with Crippen molar-refractivity contribution in [1.29, 1.82) is 0 Å². The molecule has 126 valence electrons. The van der Waals surface area contributed by atoms with Crippen LogP contribution in [0.25, 0.3) is 0 Å². The molecule has 0 aliphatic rings. The SMILES string of the molecule is Cc1c[nH]c(CNC(=O)CCCC(=O)c2ccccc2)c(C)c1=O. The minimum absolute atomic E-state index is 0.00791. The van der Waals surface area contributed by atoms with Crippen molar-refractivity contribution in [3.8, 4) is 0 Å². The van der Waals surface area contributed by atoms with Crippen molar-refractivity contribution >= 4 is 11.7 Å². The molecule has 0 aliphatic heterocycles. The number of benzene rings is 1. The zero-order valence-corrected chi connectivity index (χ0v) is 14.0. The lowest BCUT2D eigenvalue weighted by Crippen LogP contribution is -2.25. The van der Waals surface area contributed by atoms with E-state index in [9.17, 15) is 14.4 Å². The van der Waals surface area contributed by atoms with Gasteiger partial charge in [0.05, 0.1) is 6.54 Å². The number of carbonyl (C=O) groups is 2. The van der Waals surface area contributed by atoms with Gasteiger partial charge in [0.1, 0.15) is 0 Å². The third kappa shape index (κ3) is 4.65. The van der Waals surface area contributed by atoms with Gasteiger partial charge in [-0.1, -0.05) is 30.3 Å². The smallest absolute Gasteiger partial charge is 0.220 e. The standard InChI is InChI=1S/C19H22N2O3/c1-13-11-20-16(14(2)19(13)24)12-21-18(23)10-6-9-17(22)15-7-4-3-5-8-15/h3-5,7-8,11H,6,9-10,12H2,1-2H3,(H,20,24)(H,21,23). The van der Waals surface area contributed by atoms with E-state index >= 15 is 0 Å². The number of nitrogens with one attached hydrogen (secondary N) is 2. The minimum atomic E-state index is -0.128. The van der Waals surface area contributed by atoms with E-state index in [1.807, 2.05) is 18.2 Å². The summed E-state index contributed by atoms with van der Waals surface area (Å²) in [5.41, 5.74) is 2.65. The first-order valence-corrected chi connectivity index (χ1v) is 8.01. The van der Waals surface area contributed by atoms with E-state index in [0.717, 1.165) is 0 Å². The van der Waals surface area contributed by atoms with Gasteiger partial charge in [-0.15, -0.1) is 0 Å². The van der Waals surface area contributed by atoms with Crippen LogP contribution < -0.4 is 10.7 Å². The molecule has 0 atom stereocenters. The van der Waals surface area contributed by atoms with E-state index in [0.29, 0.717) is 35.2 Å². The molecule has 0 saturated carbocycles. The Bertz CT molecular complexity index is 779. The Kier molecular flexibility index (Phi) is 6.07. The number of aromatic nitrogens is 1. The second kappa shape index (κ2) is 8.24. The maximum atomic E-state index is 11.9. The number of ketones is 1. The molecule has 24 heavy (non-hydrogen) atoms. The summed E-state index contributed by atoms with van der Waals surface area (Å²) in [5.74, 6) is -0.0844. The predicted octanol–water partition coefficient (Wildman–Crippen LogP) is 2.66. The third-order valence-corrected chi connectivity index (χ3v) is 3.98. The molecule has 1 heterocycles. The fourth-order valence-corrected chi connectivity index (χ4v) is 2.44. The molecule has 2 N–H and O–H groups in total. The molecule has 0 bridgehead atoms. The summed E-state index contributed by atoms with van der Waals surface area (Å²) in [6.45, 7) is 3.77. The van der Waals surface area contributed by atoms with E-state index in [-0.39, 0.29) is 30.1 Å². The number of pyridine rings is 1. The van der Waals surface area contributed by atoms with Crippen LogP contribution in [0.1, 0.15) is 46.4 Å². The largest absolute Gasteiger partial charge is 0.363 e. The zero-order chi connectivity index (χ0) is 17.5. The number of carbonyl (C=O) groups excluding carboxylic acids is 2. The van der Waals surface area contributed by atoms with E-state index < -0.39 is 0 Å². The molecule has 5 nitrogen and oxygen atoms in total. The fourth-order valence-electron chi connectivity index (χ4n) is 2.44. The summed E-state index contributed by atoms with van der Waals surface area (Å²) in [4.78, 5) is 38.7. The van der Waals surface area contributed by atoms with Crippen molar-refractivity contribution < 1.29 is 9.59 Å². The van der Waals surface area contributed by atoms with Crippen LogP contribution in [-0.2, 0) is 11.3 Å². The van der Waals surface area contributed by atoms with Crippen LogP contribution in [0.2, 0.25) is 0 Å². The van der Waals surface area contributed by atoms with Gasteiger partial charge in [-0.3, -0.25) is 14.4 Å². The quantitative estimate of drug-likeness (QED) is 0.768. The molecule has 0 unspecified atom stereocenters. The van der Waals surface area contributed by atoms with Crippen LogP contribution in [0.15, 0.2) is 41.3 Å². The summed E-state index contributed by atoms with van der Waals surface area (Å²) in [6, 6.07) is 9.06. The van der Waals surface area contributed by atoms with Crippen LogP contribution in [0.5, 0.6) is 0 Å². The van der Waals surface area contributed by atoms with Crippen LogP contribution >= 0.6 is 0 Å².